The van der Waals surface area contributed by atoms with Crippen LogP contribution in [0.4, 0.5) is 0 Å². The molecule has 0 spiro atoms. The third-order valence-corrected chi connectivity index (χ3v) is 4.00. The summed E-state index contributed by atoms with van der Waals surface area (Å²) in [4.78, 5) is 12.5. The molecular weight excluding hydrogens is 246 g/mol. The van der Waals surface area contributed by atoms with Crippen LogP contribution >= 0.6 is 11.3 Å². The van der Waals surface area contributed by atoms with Crippen LogP contribution in [-0.4, -0.2) is 17.1 Å². The van der Waals surface area contributed by atoms with Gasteiger partial charge in [0.25, 0.3) is 0 Å². The zero-order chi connectivity index (χ0) is 13.4. The molecule has 0 bridgehead atoms. The number of carbonyl (C=O) groups is 1. The van der Waals surface area contributed by atoms with Gasteiger partial charge in [-0.25, -0.2) is 0 Å². The van der Waals surface area contributed by atoms with Crippen molar-refractivity contribution in [1.82, 2.24) is 5.32 Å². The number of nitrogens with one attached hydrogen (secondary N) is 1. The van der Waals surface area contributed by atoms with E-state index in [2.05, 4.69) is 25.2 Å². The Hall–Kier alpha value is -0.870. The normalized spacial score (nSPS) is 14.3. The van der Waals surface area contributed by atoms with Crippen molar-refractivity contribution in [2.45, 2.75) is 58.0 Å². The van der Waals surface area contributed by atoms with Crippen molar-refractivity contribution in [2.75, 3.05) is 0 Å². The maximum absolute atomic E-state index is 11.3. The van der Waals surface area contributed by atoms with Crippen LogP contribution in [0.25, 0.3) is 0 Å². The maximum Gasteiger partial charge on any atom is 0.320 e. The van der Waals surface area contributed by atoms with E-state index in [0.29, 0.717) is 6.42 Å². The molecular formula is C14H23NO2S. The molecule has 18 heavy (non-hydrogen) atoms. The first-order chi connectivity index (χ1) is 8.69. The summed E-state index contributed by atoms with van der Waals surface area (Å²) in [5.74, 6) is -0.735. The zero-order valence-electron chi connectivity index (χ0n) is 11.2. The van der Waals surface area contributed by atoms with Gasteiger partial charge in [-0.2, -0.15) is 0 Å². The fraction of sp³-hybridized carbons (Fsp3) is 0.643. The predicted molar refractivity (Wildman–Crippen MR) is 76.1 cm³/mol. The van der Waals surface area contributed by atoms with Crippen LogP contribution in [0.15, 0.2) is 17.5 Å². The van der Waals surface area contributed by atoms with E-state index in [1.165, 1.54) is 4.88 Å². The van der Waals surface area contributed by atoms with Crippen molar-refractivity contribution < 1.29 is 9.90 Å². The van der Waals surface area contributed by atoms with Gasteiger partial charge < -0.3 is 5.11 Å². The lowest BCUT2D eigenvalue weighted by molar-refractivity contribution is -0.140. The lowest BCUT2D eigenvalue weighted by Gasteiger charge is -2.22. The molecule has 2 atom stereocenters. The Balaban J connectivity index is 2.65. The van der Waals surface area contributed by atoms with E-state index in [9.17, 15) is 9.90 Å². The van der Waals surface area contributed by atoms with E-state index in [0.717, 1.165) is 25.7 Å². The molecule has 0 aliphatic heterocycles. The molecule has 4 heteroatoms. The third-order valence-electron chi connectivity index (χ3n) is 3.01. The van der Waals surface area contributed by atoms with E-state index in [1.54, 1.807) is 11.3 Å². The Morgan fingerprint density at radius 1 is 1.39 bits per heavy atom. The standard InChI is InChI=1S/C14H23NO2S/c1-3-5-8-12(14(16)17)15-11(7-4-2)13-9-6-10-18-13/h6,9-12,15H,3-5,7-8H2,1-2H3,(H,16,17). The molecule has 0 aliphatic rings. The third kappa shape index (κ3) is 4.78. The Bertz CT molecular complexity index is 338. The summed E-state index contributed by atoms with van der Waals surface area (Å²) in [6, 6.07) is 3.85. The molecule has 0 fully saturated rings. The Kier molecular flexibility index (Phi) is 6.98. The van der Waals surface area contributed by atoms with Gasteiger partial charge in [-0.3, -0.25) is 10.1 Å². The quantitative estimate of drug-likeness (QED) is 0.716. The van der Waals surface area contributed by atoms with E-state index < -0.39 is 12.0 Å². The lowest BCUT2D eigenvalue weighted by atomic mass is 10.1. The molecule has 1 rings (SSSR count). The molecule has 102 valence electrons. The van der Waals surface area contributed by atoms with Gasteiger partial charge in [0, 0.05) is 10.9 Å². The van der Waals surface area contributed by atoms with Gasteiger partial charge in [0.2, 0.25) is 0 Å². The number of thiophene rings is 1. The molecule has 2 N–H and O–H groups in total. The molecule has 0 aromatic carbocycles. The van der Waals surface area contributed by atoms with Crippen LogP contribution < -0.4 is 5.32 Å². The molecule has 0 saturated heterocycles. The molecule has 1 aromatic heterocycles. The largest absolute Gasteiger partial charge is 0.480 e. The van der Waals surface area contributed by atoms with Crippen LogP contribution in [0.2, 0.25) is 0 Å². The summed E-state index contributed by atoms with van der Waals surface area (Å²) in [5, 5.41) is 14.6. The van der Waals surface area contributed by atoms with Crippen molar-refractivity contribution in [1.29, 1.82) is 0 Å². The second-order valence-electron chi connectivity index (χ2n) is 4.56. The van der Waals surface area contributed by atoms with Crippen LogP contribution in [0.1, 0.15) is 56.9 Å². The molecule has 3 nitrogen and oxygen atoms in total. The van der Waals surface area contributed by atoms with Gasteiger partial charge in [-0.1, -0.05) is 39.2 Å². The minimum absolute atomic E-state index is 0.174. The van der Waals surface area contributed by atoms with E-state index >= 15 is 0 Å². The highest BCUT2D eigenvalue weighted by Crippen LogP contribution is 2.24. The van der Waals surface area contributed by atoms with Crippen LogP contribution in [0, 0.1) is 0 Å². The fourth-order valence-corrected chi connectivity index (χ4v) is 2.84. The maximum atomic E-state index is 11.3. The Labute approximate surface area is 113 Å². The minimum Gasteiger partial charge on any atom is -0.480 e. The van der Waals surface area contributed by atoms with Crippen molar-refractivity contribution >= 4 is 17.3 Å². The first-order valence-electron chi connectivity index (χ1n) is 6.71. The number of rotatable bonds is 9. The average molecular weight is 269 g/mol. The summed E-state index contributed by atoms with van der Waals surface area (Å²) < 4.78 is 0. The average Bonchev–Trinajstić information content (AvgIpc) is 2.86. The van der Waals surface area contributed by atoms with Gasteiger partial charge in [0.1, 0.15) is 6.04 Å². The van der Waals surface area contributed by atoms with Crippen molar-refractivity contribution in [3.05, 3.63) is 22.4 Å². The first-order valence-corrected chi connectivity index (χ1v) is 7.59. The van der Waals surface area contributed by atoms with Crippen LogP contribution in [0.5, 0.6) is 0 Å². The lowest BCUT2D eigenvalue weighted by Crippen LogP contribution is -2.38. The van der Waals surface area contributed by atoms with Gasteiger partial charge in [0.15, 0.2) is 0 Å². The number of hydrogen-bond acceptors (Lipinski definition) is 3. The summed E-state index contributed by atoms with van der Waals surface area (Å²) in [6.07, 6.45) is 4.72. The molecule has 1 heterocycles. The van der Waals surface area contributed by atoms with Gasteiger partial charge >= 0.3 is 5.97 Å². The smallest absolute Gasteiger partial charge is 0.320 e. The molecule has 0 aliphatic carbocycles. The van der Waals surface area contributed by atoms with Crippen LogP contribution in [-0.2, 0) is 4.79 Å². The molecule has 0 amide bonds. The monoisotopic (exact) mass is 269 g/mol. The van der Waals surface area contributed by atoms with E-state index in [1.807, 2.05) is 11.4 Å². The highest BCUT2D eigenvalue weighted by molar-refractivity contribution is 7.10. The highest BCUT2D eigenvalue weighted by atomic mass is 32.1. The van der Waals surface area contributed by atoms with E-state index in [4.69, 9.17) is 0 Å². The minimum atomic E-state index is -0.735. The number of carboxylic acids is 1. The Morgan fingerprint density at radius 2 is 2.17 bits per heavy atom. The van der Waals surface area contributed by atoms with Crippen molar-refractivity contribution in [3.8, 4) is 0 Å². The summed E-state index contributed by atoms with van der Waals surface area (Å²) in [6.45, 7) is 4.21. The summed E-state index contributed by atoms with van der Waals surface area (Å²) in [7, 11) is 0. The van der Waals surface area contributed by atoms with Gasteiger partial charge in [-0.15, -0.1) is 11.3 Å². The van der Waals surface area contributed by atoms with E-state index in [-0.39, 0.29) is 6.04 Å². The topological polar surface area (TPSA) is 49.3 Å². The molecule has 2 unspecified atom stereocenters. The summed E-state index contributed by atoms with van der Waals surface area (Å²) in [5.41, 5.74) is 0. The Morgan fingerprint density at radius 3 is 2.67 bits per heavy atom. The highest BCUT2D eigenvalue weighted by Gasteiger charge is 2.21. The second kappa shape index (κ2) is 8.27. The van der Waals surface area contributed by atoms with Crippen LogP contribution in [0.3, 0.4) is 0 Å². The van der Waals surface area contributed by atoms with Crippen molar-refractivity contribution in [2.24, 2.45) is 0 Å². The molecule has 0 radical (unpaired) electrons. The first kappa shape index (κ1) is 15.2. The molecule has 1 aromatic rings. The predicted octanol–water partition coefficient (Wildman–Crippen LogP) is 3.82. The van der Waals surface area contributed by atoms with Gasteiger partial charge in [-0.05, 0) is 24.3 Å². The number of unbranched alkanes of at least 4 members (excludes halogenated alkanes) is 1. The zero-order valence-corrected chi connectivity index (χ0v) is 12.0. The second-order valence-corrected chi connectivity index (χ2v) is 5.54. The number of carboxylic acid groups (broad SMARTS) is 1. The molecule has 0 saturated carbocycles. The summed E-state index contributed by atoms with van der Waals surface area (Å²) >= 11 is 1.69. The van der Waals surface area contributed by atoms with Gasteiger partial charge in [0.05, 0.1) is 0 Å². The number of aliphatic carboxylic acids is 1. The fourth-order valence-electron chi connectivity index (χ4n) is 2.02. The number of hydrogen-bond donors (Lipinski definition) is 2. The van der Waals surface area contributed by atoms with Crippen molar-refractivity contribution in [3.63, 3.8) is 0 Å². The SMILES string of the molecule is CCCCC(NC(CCC)c1cccs1)C(=O)O.